The van der Waals surface area contributed by atoms with Crippen LogP contribution in [0.2, 0.25) is 12.1 Å². The molecule has 1 rings (SSSR count). The molecule has 0 aromatic rings. The molecule has 1 unspecified atom stereocenters. The summed E-state index contributed by atoms with van der Waals surface area (Å²) < 4.78 is 0. The van der Waals surface area contributed by atoms with Gasteiger partial charge in [0.15, 0.2) is 0 Å². The molecule has 32 valence electrons. The highest BCUT2D eigenvalue weighted by molar-refractivity contribution is 7.02. The van der Waals surface area contributed by atoms with Gasteiger partial charge in [-0.2, -0.15) is 0 Å². The standard InChI is InChI=1S/C4H10B2/c1-4-2-3-5-6-4/h4-6H,2-3H2,1H3. The summed E-state index contributed by atoms with van der Waals surface area (Å²) in [6, 6.07) is 0. The van der Waals surface area contributed by atoms with Gasteiger partial charge in [-0.1, -0.05) is 25.5 Å². The van der Waals surface area contributed by atoms with Crippen molar-refractivity contribution < 1.29 is 0 Å². The molecule has 0 aromatic heterocycles. The Morgan fingerprint density at radius 1 is 1.67 bits per heavy atom. The summed E-state index contributed by atoms with van der Waals surface area (Å²) in [7, 11) is 2.97. The van der Waals surface area contributed by atoms with E-state index in [-0.39, 0.29) is 0 Å². The van der Waals surface area contributed by atoms with Gasteiger partial charge in [-0.15, -0.1) is 0 Å². The van der Waals surface area contributed by atoms with Crippen molar-refractivity contribution >= 4 is 14.3 Å². The summed E-state index contributed by atoms with van der Waals surface area (Å²) in [6.07, 6.45) is 2.97. The first-order valence-corrected chi connectivity index (χ1v) is 2.89. The van der Waals surface area contributed by atoms with Crippen LogP contribution in [-0.2, 0) is 0 Å². The van der Waals surface area contributed by atoms with Gasteiger partial charge >= 0.3 is 0 Å². The van der Waals surface area contributed by atoms with Gasteiger partial charge in [0.05, 0.1) is 14.3 Å². The van der Waals surface area contributed by atoms with E-state index in [1.54, 1.807) is 0 Å². The fraction of sp³-hybridized carbons (Fsp3) is 1.00. The van der Waals surface area contributed by atoms with Gasteiger partial charge < -0.3 is 0 Å². The summed E-state index contributed by atoms with van der Waals surface area (Å²) in [5.74, 6) is 1.05. The van der Waals surface area contributed by atoms with E-state index in [2.05, 4.69) is 6.92 Å². The molecule has 0 saturated carbocycles. The van der Waals surface area contributed by atoms with Crippen LogP contribution in [0.25, 0.3) is 0 Å². The van der Waals surface area contributed by atoms with E-state index in [1.807, 2.05) is 0 Å². The van der Waals surface area contributed by atoms with E-state index >= 15 is 0 Å². The number of hydrogen-bond donors (Lipinski definition) is 0. The molecular formula is C4H10B2. The average molecular weight is 79.7 g/mol. The molecule has 0 amide bonds. The lowest BCUT2D eigenvalue weighted by Gasteiger charge is -1.90. The minimum Gasteiger partial charge on any atom is -0.0850 e. The first kappa shape index (κ1) is 4.29. The Bertz CT molecular complexity index is 38.8. The highest BCUT2D eigenvalue weighted by Crippen LogP contribution is 2.16. The molecule has 6 heavy (non-hydrogen) atoms. The maximum absolute atomic E-state index is 2.34. The van der Waals surface area contributed by atoms with Crippen LogP contribution in [0, 0.1) is 0 Å². The van der Waals surface area contributed by atoms with Gasteiger partial charge in [0.2, 0.25) is 0 Å². The largest absolute Gasteiger partial charge is 0.0901 e. The summed E-state index contributed by atoms with van der Waals surface area (Å²) in [4.78, 5) is 0. The van der Waals surface area contributed by atoms with Crippen LogP contribution in [0.15, 0.2) is 0 Å². The Labute approximate surface area is 40.8 Å². The summed E-state index contributed by atoms with van der Waals surface area (Å²) in [6.45, 7) is 2.34. The molecule has 0 aromatic carbocycles. The lowest BCUT2D eigenvalue weighted by atomic mass is 9.40. The minimum absolute atomic E-state index is 1.05. The third-order valence-electron chi connectivity index (χ3n) is 1.64. The van der Waals surface area contributed by atoms with Crippen LogP contribution in [-0.4, -0.2) is 14.3 Å². The fourth-order valence-electron chi connectivity index (χ4n) is 1.13. The van der Waals surface area contributed by atoms with Crippen molar-refractivity contribution in [2.75, 3.05) is 0 Å². The topological polar surface area (TPSA) is 0 Å². The van der Waals surface area contributed by atoms with Crippen molar-refractivity contribution in [1.82, 2.24) is 0 Å². The molecule has 0 N–H and O–H groups in total. The second kappa shape index (κ2) is 1.72. The Balaban J connectivity index is 2.18. The smallest absolute Gasteiger partial charge is 0.0850 e. The molecule has 1 fully saturated rings. The summed E-state index contributed by atoms with van der Waals surface area (Å²) in [5.41, 5.74) is 0. The normalized spacial score (nSPS) is 31.8. The first-order valence-electron chi connectivity index (χ1n) is 2.89. The number of rotatable bonds is 0. The van der Waals surface area contributed by atoms with Crippen LogP contribution < -0.4 is 0 Å². The van der Waals surface area contributed by atoms with E-state index in [4.69, 9.17) is 0 Å². The lowest BCUT2D eigenvalue weighted by Crippen LogP contribution is -1.93. The van der Waals surface area contributed by atoms with Gasteiger partial charge in [-0.05, 0) is 0 Å². The van der Waals surface area contributed by atoms with E-state index in [0.717, 1.165) is 5.82 Å². The quantitative estimate of drug-likeness (QED) is 0.369. The third kappa shape index (κ3) is 0.796. The second-order valence-electron chi connectivity index (χ2n) is 2.39. The summed E-state index contributed by atoms with van der Waals surface area (Å²) in [5, 5.41) is 0. The van der Waals surface area contributed by atoms with E-state index in [9.17, 15) is 0 Å². The van der Waals surface area contributed by atoms with Gasteiger partial charge in [-0.25, -0.2) is 0 Å². The molecule has 1 saturated heterocycles. The molecule has 1 atom stereocenters. The molecule has 1 heterocycles. The zero-order valence-electron chi connectivity index (χ0n) is 4.41. The average Bonchev–Trinajstić information content (AvgIpc) is 1.86. The molecule has 1 aliphatic rings. The number of hydrogen-bond acceptors (Lipinski definition) is 0. The Kier molecular flexibility index (Phi) is 1.23. The Morgan fingerprint density at radius 2 is 2.50 bits per heavy atom. The Morgan fingerprint density at radius 3 is 2.67 bits per heavy atom. The van der Waals surface area contributed by atoms with Gasteiger partial charge in [0, 0.05) is 0 Å². The molecule has 0 nitrogen and oxygen atoms in total. The highest BCUT2D eigenvalue weighted by Gasteiger charge is 2.10. The molecule has 0 radical (unpaired) electrons. The first-order chi connectivity index (χ1) is 2.89. The van der Waals surface area contributed by atoms with Crippen molar-refractivity contribution in [3.63, 3.8) is 0 Å². The maximum Gasteiger partial charge on any atom is 0.0901 e. The second-order valence-corrected chi connectivity index (χ2v) is 2.39. The van der Waals surface area contributed by atoms with Crippen LogP contribution in [0.1, 0.15) is 13.3 Å². The molecule has 2 heteroatoms. The van der Waals surface area contributed by atoms with Gasteiger partial charge in [-0.3, -0.25) is 0 Å². The van der Waals surface area contributed by atoms with Gasteiger partial charge in [0.25, 0.3) is 0 Å². The Hall–Kier alpha value is 0.130. The van der Waals surface area contributed by atoms with Crippen molar-refractivity contribution in [2.45, 2.75) is 25.5 Å². The van der Waals surface area contributed by atoms with Crippen LogP contribution in [0.5, 0.6) is 0 Å². The van der Waals surface area contributed by atoms with E-state index < -0.39 is 0 Å². The van der Waals surface area contributed by atoms with Crippen LogP contribution in [0.4, 0.5) is 0 Å². The van der Waals surface area contributed by atoms with Crippen molar-refractivity contribution in [3.05, 3.63) is 0 Å². The molecule has 0 aliphatic carbocycles. The predicted molar refractivity (Wildman–Crippen MR) is 33.1 cm³/mol. The maximum atomic E-state index is 2.34. The monoisotopic (exact) mass is 80.1 g/mol. The van der Waals surface area contributed by atoms with Gasteiger partial charge in [0.1, 0.15) is 0 Å². The highest BCUT2D eigenvalue weighted by atomic mass is 13.9. The lowest BCUT2D eigenvalue weighted by molar-refractivity contribution is 0.893. The minimum atomic E-state index is 1.05. The fourth-order valence-corrected chi connectivity index (χ4v) is 1.13. The van der Waals surface area contributed by atoms with Crippen LogP contribution >= 0.6 is 0 Å². The third-order valence-corrected chi connectivity index (χ3v) is 1.64. The van der Waals surface area contributed by atoms with Crippen molar-refractivity contribution in [2.24, 2.45) is 0 Å². The SMILES string of the molecule is CC1BBCC1. The molecule has 0 spiro atoms. The van der Waals surface area contributed by atoms with E-state index in [0.29, 0.717) is 0 Å². The predicted octanol–water partition coefficient (Wildman–Crippen LogP) is 0.405. The molecule has 1 aliphatic heterocycles. The zero-order chi connectivity index (χ0) is 4.41. The molecule has 0 bridgehead atoms. The molecular weight excluding hydrogens is 69.7 g/mol. The zero-order valence-corrected chi connectivity index (χ0v) is 4.41. The van der Waals surface area contributed by atoms with E-state index in [1.165, 1.54) is 27.1 Å². The van der Waals surface area contributed by atoms with Crippen molar-refractivity contribution in [1.29, 1.82) is 0 Å². The van der Waals surface area contributed by atoms with Crippen LogP contribution in [0.3, 0.4) is 0 Å². The summed E-state index contributed by atoms with van der Waals surface area (Å²) >= 11 is 0. The van der Waals surface area contributed by atoms with Crippen molar-refractivity contribution in [3.8, 4) is 0 Å².